The second-order valence-corrected chi connectivity index (χ2v) is 5.98. The Morgan fingerprint density at radius 2 is 1.78 bits per heavy atom. The third-order valence-corrected chi connectivity index (χ3v) is 4.34. The molecule has 1 aliphatic rings. The van der Waals surface area contributed by atoms with Gasteiger partial charge < -0.3 is 19.9 Å². The van der Waals surface area contributed by atoms with E-state index in [2.05, 4.69) is 11.8 Å². The van der Waals surface area contributed by atoms with E-state index in [1.165, 1.54) is 0 Å². The van der Waals surface area contributed by atoms with E-state index < -0.39 is 0 Å². The van der Waals surface area contributed by atoms with E-state index in [-0.39, 0.29) is 0 Å². The monoisotopic (exact) mass is 322 g/mol. The van der Waals surface area contributed by atoms with Gasteiger partial charge in [-0.15, -0.1) is 0 Å². The highest BCUT2D eigenvalue weighted by Crippen LogP contribution is 2.20. The summed E-state index contributed by atoms with van der Waals surface area (Å²) in [6.45, 7) is 6.10. The molecule has 5 nitrogen and oxygen atoms in total. The molecule has 2 atom stereocenters. The molecule has 1 saturated heterocycles. The Balaban J connectivity index is 1.73. The number of benzene rings is 1. The van der Waals surface area contributed by atoms with Gasteiger partial charge in [-0.1, -0.05) is 6.92 Å². The number of nitrogens with zero attached hydrogens (tertiary/aromatic N) is 1. The molecule has 1 fully saturated rings. The summed E-state index contributed by atoms with van der Waals surface area (Å²) in [5.41, 5.74) is 5.90. The van der Waals surface area contributed by atoms with E-state index in [1.54, 1.807) is 7.11 Å². The summed E-state index contributed by atoms with van der Waals surface area (Å²) in [4.78, 5) is 2.41. The number of piperidine rings is 1. The van der Waals surface area contributed by atoms with E-state index in [9.17, 15) is 0 Å². The second-order valence-electron chi connectivity index (χ2n) is 5.98. The van der Waals surface area contributed by atoms with Crippen LogP contribution in [0.25, 0.3) is 0 Å². The van der Waals surface area contributed by atoms with Crippen LogP contribution in [-0.2, 0) is 4.74 Å². The minimum atomic E-state index is 0.344. The number of ether oxygens (including phenoxy) is 3. The van der Waals surface area contributed by atoms with Crippen molar-refractivity contribution in [2.45, 2.75) is 38.3 Å². The van der Waals surface area contributed by atoms with Crippen molar-refractivity contribution in [1.82, 2.24) is 4.90 Å². The van der Waals surface area contributed by atoms with Crippen LogP contribution in [-0.4, -0.2) is 57.0 Å². The fraction of sp³-hybridized carbons (Fsp3) is 0.667. The second kappa shape index (κ2) is 9.75. The molecule has 23 heavy (non-hydrogen) atoms. The van der Waals surface area contributed by atoms with Gasteiger partial charge in [0.05, 0.1) is 12.7 Å². The van der Waals surface area contributed by atoms with Crippen LogP contribution in [0.2, 0.25) is 0 Å². The molecule has 2 unspecified atom stereocenters. The van der Waals surface area contributed by atoms with Crippen LogP contribution in [0.5, 0.6) is 11.5 Å². The average Bonchev–Trinajstić information content (AvgIpc) is 2.61. The van der Waals surface area contributed by atoms with E-state index in [0.29, 0.717) is 25.3 Å². The molecule has 0 radical (unpaired) electrons. The van der Waals surface area contributed by atoms with Crippen molar-refractivity contribution in [3.63, 3.8) is 0 Å². The largest absolute Gasteiger partial charge is 0.494 e. The average molecular weight is 322 g/mol. The lowest BCUT2D eigenvalue weighted by Crippen LogP contribution is -2.49. The first-order valence-electron chi connectivity index (χ1n) is 8.59. The van der Waals surface area contributed by atoms with Gasteiger partial charge in [0.2, 0.25) is 0 Å². The Morgan fingerprint density at radius 3 is 2.35 bits per heavy atom. The van der Waals surface area contributed by atoms with Gasteiger partial charge in [0.25, 0.3) is 0 Å². The maximum absolute atomic E-state index is 5.90. The Kier molecular flexibility index (Phi) is 7.65. The molecule has 0 aliphatic carbocycles. The molecule has 0 bridgehead atoms. The van der Waals surface area contributed by atoms with Crippen molar-refractivity contribution in [1.29, 1.82) is 0 Å². The SMILES string of the molecule is CCCOc1ccc(OCCN2CCC(OC)CC2CN)cc1. The van der Waals surface area contributed by atoms with Crippen LogP contribution in [0.3, 0.4) is 0 Å². The molecule has 1 heterocycles. The van der Waals surface area contributed by atoms with Crippen LogP contribution in [0.15, 0.2) is 24.3 Å². The Hall–Kier alpha value is -1.30. The van der Waals surface area contributed by atoms with Gasteiger partial charge >= 0.3 is 0 Å². The van der Waals surface area contributed by atoms with Gasteiger partial charge in [-0.05, 0) is 43.5 Å². The van der Waals surface area contributed by atoms with Gasteiger partial charge in [0.1, 0.15) is 18.1 Å². The Morgan fingerprint density at radius 1 is 1.13 bits per heavy atom. The van der Waals surface area contributed by atoms with Crippen LogP contribution in [0.4, 0.5) is 0 Å². The molecule has 0 saturated carbocycles. The van der Waals surface area contributed by atoms with Crippen molar-refractivity contribution in [2.24, 2.45) is 5.73 Å². The standard InChI is InChI=1S/C18H30N2O3/c1-3-11-22-16-4-6-17(7-5-16)23-12-10-20-9-8-18(21-2)13-15(20)14-19/h4-7,15,18H,3,8-14,19H2,1-2H3. The Bertz CT molecular complexity index is 438. The van der Waals surface area contributed by atoms with Gasteiger partial charge in [-0.2, -0.15) is 0 Å². The summed E-state index contributed by atoms with van der Waals surface area (Å²) in [6, 6.07) is 8.22. The lowest BCUT2D eigenvalue weighted by atomic mass is 9.99. The quantitative estimate of drug-likeness (QED) is 0.756. The first kappa shape index (κ1) is 18.0. The molecule has 1 aromatic carbocycles. The lowest BCUT2D eigenvalue weighted by molar-refractivity contribution is 0.00923. The number of rotatable bonds is 9. The van der Waals surface area contributed by atoms with Crippen LogP contribution in [0, 0.1) is 0 Å². The van der Waals surface area contributed by atoms with Crippen molar-refractivity contribution < 1.29 is 14.2 Å². The molecule has 5 heteroatoms. The smallest absolute Gasteiger partial charge is 0.119 e. The first-order chi connectivity index (χ1) is 11.3. The number of methoxy groups -OCH3 is 1. The molecule has 0 aromatic heterocycles. The van der Waals surface area contributed by atoms with E-state index in [1.807, 2.05) is 24.3 Å². The van der Waals surface area contributed by atoms with E-state index in [4.69, 9.17) is 19.9 Å². The van der Waals surface area contributed by atoms with Gasteiger partial charge in [-0.3, -0.25) is 4.90 Å². The van der Waals surface area contributed by atoms with Crippen molar-refractivity contribution in [3.05, 3.63) is 24.3 Å². The number of nitrogens with two attached hydrogens (primary N) is 1. The van der Waals surface area contributed by atoms with Gasteiger partial charge in [0, 0.05) is 32.8 Å². The number of hydrogen-bond donors (Lipinski definition) is 1. The summed E-state index contributed by atoms with van der Waals surface area (Å²) < 4.78 is 16.9. The normalized spacial score (nSPS) is 22.0. The van der Waals surface area contributed by atoms with Gasteiger partial charge in [0.15, 0.2) is 0 Å². The molecule has 1 aliphatic heterocycles. The maximum atomic E-state index is 5.90. The molecule has 1 aromatic rings. The van der Waals surface area contributed by atoms with Crippen LogP contribution >= 0.6 is 0 Å². The highest BCUT2D eigenvalue weighted by atomic mass is 16.5. The maximum Gasteiger partial charge on any atom is 0.119 e. The van der Waals surface area contributed by atoms with Gasteiger partial charge in [-0.25, -0.2) is 0 Å². The van der Waals surface area contributed by atoms with E-state index >= 15 is 0 Å². The molecule has 2 rings (SSSR count). The molecule has 0 amide bonds. The fourth-order valence-corrected chi connectivity index (χ4v) is 2.95. The molecular weight excluding hydrogens is 292 g/mol. The zero-order valence-electron chi connectivity index (χ0n) is 14.4. The third kappa shape index (κ3) is 5.68. The summed E-state index contributed by atoms with van der Waals surface area (Å²) in [5.74, 6) is 1.77. The number of hydrogen-bond acceptors (Lipinski definition) is 5. The van der Waals surface area contributed by atoms with E-state index in [0.717, 1.165) is 50.5 Å². The van der Waals surface area contributed by atoms with Crippen molar-refractivity contribution >= 4 is 0 Å². The van der Waals surface area contributed by atoms with Crippen LogP contribution in [0.1, 0.15) is 26.2 Å². The first-order valence-corrected chi connectivity index (χ1v) is 8.59. The zero-order chi connectivity index (χ0) is 16.5. The summed E-state index contributed by atoms with van der Waals surface area (Å²) in [6.07, 6.45) is 3.43. The minimum absolute atomic E-state index is 0.344. The van der Waals surface area contributed by atoms with Crippen molar-refractivity contribution in [2.75, 3.05) is 40.0 Å². The molecular formula is C18H30N2O3. The molecule has 0 spiro atoms. The summed E-state index contributed by atoms with van der Waals surface area (Å²) in [5, 5.41) is 0. The predicted octanol–water partition coefficient (Wildman–Crippen LogP) is 2.29. The molecule has 2 N–H and O–H groups in total. The lowest BCUT2D eigenvalue weighted by Gasteiger charge is -2.38. The predicted molar refractivity (Wildman–Crippen MR) is 92.2 cm³/mol. The topological polar surface area (TPSA) is 57.0 Å². The fourth-order valence-electron chi connectivity index (χ4n) is 2.95. The van der Waals surface area contributed by atoms with Crippen molar-refractivity contribution in [3.8, 4) is 11.5 Å². The summed E-state index contributed by atoms with van der Waals surface area (Å²) in [7, 11) is 1.78. The Labute approximate surface area is 139 Å². The minimum Gasteiger partial charge on any atom is -0.494 e. The third-order valence-electron chi connectivity index (χ3n) is 4.34. The zero-order valence-corrected chi connectivity index (χ0v) is 14.4. The highest BCUT2D eigenvalue weighted by Gasteiger charge is 2.27. The molecule has 130 valence electrons. The summed E-state index contributed by atoms with van der Waals surface area (Å²) >= 11 is 0. The highest BCUT2D eigenvalue weighted by molar-refractivity contribution is 5.31. The number of likely N-dealkylation sites (tertiary alicyclic amines) is 1. The van der Waals surface area contributed by atoms with Crippen LogP contribution < -0.4 is 15.2 Å².